The first-order valence-electron chi connectivity index (χ1n) is 7.14. The minimum absolute atomic E-state index is 0. The van der Waals surface area contributed by atoms with Crippen LogP contribution >= 0.6 is 23.7 Å². The first-order chi connectivity index (χ1) is 9.50. The third kappa shape index (κ3) is 4.31. The number of nitrogens with zero attached hydrogens (tertiary/aromatic N) is 2. The highest BCUT2D eigenvalue weighted by atomic mass is 35.5. The van der Waals surface area contributed by atoms with E-state index in [2.05, 4.69) is 5.32 Å². The fourth-order valence-corrected chi connectivity index (χ4v) is 3.49. The van der Waals surface area contributed by atoms with Crippen molar-refractivity contribution in [3.05, 3.63) is 20.2 Å². The fourth-order valence-electron chi connectivity index (χ4n) is 2.63. The van der Waals surface area contributed by atoms with E-state index in [0.29, 0.717) is 19.0 Å². The molecule has 0 atom stereocenters. The van der Waals surface area contributed by atoms with Gasteiger partial charge in [-0.25, -0.2) is 0 Å². The number of thiazole rings is 1. The predicted octanol–water partition coefficient (Wildman–Crippen LogP) is 1.55. The number of hydrogen-bond donors (Lipinski definition) is 1. The van der Waals surface area contributed by atoms with Crippen LogP contribution in [-0.4, -0.2) is 41.6 Å². The lowest BCUT2D eigenvalue weighted by Crippen LogP contribution is -2.44. The maximum absolute atomic E-state index is 12.2. The van der Waals surface area contributed by atoms with Crippen LogP contribution in [0.25, 0.3) is 0 Å². The second-order valence-corrected chi connectivity index (χ2v) is 6.56. The third-order valence-corrected chi connectivity index (χ3v) is 5.17. The van der Waals surface area contributed by atoms with Gasteiger partial charge in [-0.05, 0) is 39.8 Å². The molecule has 120 valence electrons. The van der Waals surface area contributed by atoms with Crippen LogP contribution in [0.2, 0.25) is 0 Å². The number of aromatic nitrogens is 1. The Morgan fingerprint density at radius 1 is 1.38 bits per heavy atom. The Morgan fingerprint density at radius 3 is 2.52 bits per heavy atom. The topological polar surface area (TPSA) is 54.3 Å². The summed E-state index contributed by atoms with van der Waals surface area (Å²) in [5.41, 5.74) is 0.984. The molecule has 1 aromatic heterocycles. The monoisotopic (exact) mass is 333 g/mol. The summed E-state index contributed by atoms with van der Waals surface area (Å²) in [4.78, 5) is 27.0. The summed E-state index contributed by atoms with van der Waals surface area (Å²) < 4.78 is 1.72. The van der Waals surface area contributed by atoms with Gasteiger partial charge in [0.05, 0.1) is 0 Å². The molecule has 1 saturated heterocycles. The third-order valence-electron chi connectivity index (χ3n) is 4.17. The molecule has 1 aliphatic rings. The molecule has 0 aromatic carbocycles. The van der Waals surface area contributed by atoms with Gasteiger partial charge in [0.1, 0.15) is 0 Å². The van der Waals surface area contributed by atoms with E-state index in [4.69, 9.17) is 0 Å². The van der Waals surface area contributed by atoms with Crippen LogP contribution in [0.1, 0.15) is 29.8 Å². The van der Waals surface area contributed by atoms with Crippen LogP contribution in [0, 0.1) is 13.8 Å². The molecule has 21 heavy (non-hydrogen) atoms. The van der Waals surface area contributed by atoms with Crippen molar-refractivity contribution in [2.24, 2.45) is 0 Å². The van der Waals surface area contributed by atoms with Crippen LogP contribution in [0.5, 0.6) is 0 Å². The van der Waals surface area contributed by atoms with Gasteiger partial charge in [-0.15, -0.1) is 12.4 Å². The van der Waals surface area contributed by atoms with E-state index >= 15 is 0 Å². The van der Waals surface area contributed by atoms with Gasteiger partial charge < -0.3 is 14.8 Å². The highest BCUT2D eigenvalue weighted by Gasteiger charge is 2.21. The fraction of sp³-hybridized carbons (Fsp3) is 0.714. The zero-order chi connectivity index (χ0) is 14.7. The lowest BCUT2D eigenvalue weighted by molar-refractivity contribution is -0.132. The molecule has 1 aromatic rings. The molecule has 1 N–H and O–H groups in total. The van der Waals surface area contributed by atoms with Gasteiger partial charge in [0.2, 0.25) is 5.91 Å². The number of hydrogen-bond acceptors (Lipinski definition) is 4. The Balaban J connectivity index is 0.00000220. The average Bonchev–Trinajstić information content (AvgIpc) is 2.70. The van der Waals surface area contributed by atoms with Crippen molar-refractivity contribution in [3.63, 3.8) is 0 Å². The quantitative estimate of drug-likeness (QED) is 0.909. The van der Waals surface area contributed by atoms with E-state index in [-0.39, 0.29) is 23.2 Å². The standard InChI is InChI=1S/C14H23N3O2S.ClH/c1-10-11(2)20-14(19)17(10)9-6-13(18)16(3)12-4-7-15-8-5-12;/h12,15H,4-9H2,1-3H3;1H. The van der Waals surface area contributed by atoms with Gasteiger partial charge >= 0.3 is 4.87 Å². The number of nitrogens with one attached hydrogen (secondary N) is 1. The molecule has 0 radical (unpaired) electrons. The molecule has 0 bridgehead atoms. The summed E-state index contributed by atoms with van der Waals surface area (Å²) in [6, 6.07) is 0.339. The van der Waals surface area contributed by atoms with Crippen molar-refractivity contribution in [1.29, 1.82) is 0 Å². The van der Waals surface area contributed by atoms with Crippen LogP contribution < -0.4 is 10.2 Å². The summed E-state index contributed by atoms with van der Waals surface area (Å²) in [7, 11) is 1.88. The molecule has 0 unspecified atom stereocenters. The highest BCUT2D eigenvalue weighted by molar-refractivity contribution is 7.09. The van der Waals surface area contributed by atoms with E-state index in [1.807, 2.05) is 25.8 Å². The first-order valence-corrected chi connectivity index (χ1v) is 7.95. The molecule has 5 nitrogen and oxygen atoms in total. The van der Waals surface area contributed by atoms with Gasteiger partial charge in [-0.3, -0.25) is 9.59 Å². The minimum Gasteiger partial charge on any atom is -0.343 e. The van der Waals surface area contributed by atoms with Crippen LogP contribution in [0.3, 0.4) is 0 Å². The second-order valence-electron chi connectivity index (χ2n) is 5.40. The Bertz CT molecular complexity index is 535. The molecule has 2 rings (SSSR count). The second kappa shape index (κ2) is 7.96. The molecule has 1 amide bonds. The van der Waals surface area contributed by atoms with Gasteiger partial charge in [0.25, 0.3) is 0 Å². The van der Waals surface area contributed by atoms with E-state index < -0.39 is 0 Å². The summed E-state index contributed by atoms with van der Waals surface area (Å²) in [5, 5.41) is 3.30. The normalized spacial score (nSPS) is 15.6. The Labute approximate surface area is 135 Å². The number of amides is 1. The van der Waals surface area contributed by atoms with E-state index in [1.165, 1.54) is 11.3 Å². The van der Waals surface area contributed by atoms with Crippen molar-refractivity contribution in [1.82, 2.24) is 14.8 Å². The molecular formula is C14H24ClN3O2S. The molecule has 0 spiro atoms. The van der Waals surface area contributed by atoms with Crippen LogP contribution in [0.4, 0.5) is 0 Å². The molecule has 1 fully saturated rings. The zero-order valence-corrected chi connectivity index (χ0v) is 14.5. The first kappa shape index (κ1) is 18.2. The maximum atomic E-state index is 12.2. The largest absolute Gasteiger partial charge is 0.343 e. The number of piperidine rings is 1. The zero-order valence-electron chi connectivity index (χ0n) is 12.8. The number of carbonyl (C=O) groups is 1. The minimum atomic E-state index is 0. The smallest absolute Gasteiger partial charge is 0.307 e. The number of halogens is 1. The lowest BCUT2D eigenvalue weighted by Gasteiger charge is -2.31. The number of rotatable bonds is 4. The Kier molecular flexibility index (Phi) is 6.90. The molecule has 7 heteroatoms. The summed E-state index contributed by atoms with van der Waals surface area (Å²) in [5.74, 6) is 0.132. The van der Waals surface area contributed by atoms with Crippen molar-refractivity contribution >= 4 is 29.7 Å². The predicted molar refractivity (Wildman–Crippen MR) is 88.6 cm³/mol. The van der Waals surface area contributed by atoms with E-state index in [0.717, 1.165) is 36.5 Å². The molecule has 0 aliphatic carbocycles. The van der Waals surface area contributed by atoms with Crippen molar-refractivity contribution in [3.8, 4) is 0 Å². The van der Waals surface area contributed by atoms with Crippen molar-refractivity contribution in [2.75, 3.05) is 20.1 Å². The van der Waals surface area contributed by atoms with Crippen molar-refractivity contribution in [2.45, 2.75) is 45.7 Å². The Hall–Kier alpha value is -0.850. The number of aryl methyl sites for hydroxylation is 1. The maximum Gasteiger partial charge on any atom is 0.307 e. The molecule has 2 heterocycles. The number of carbonyl (C=O) groups excluding carboxylic acids is 1. The van der Waals surface area contributed by atoms with Gasteiger partial charge in [-0.1, -0.05) is 11.3 Å². The van der Waals surface area contributed by atoms with E-state index in [1.54, 1.807) is 4.57 Å². The van der Waals surface area contributed by atoms with Crippen LogP contribution in [0.15, 0.2) is 4.79 Å². The Morgan fingerprint density at radius 2 is 2.00 bits per heavy atom. The van der Waals surface area contributed by atoms with Gasteiger partial charge in [0.15, 0.2) is 0 Å². The molecule has 1 aliphatic heterocycles. The summed E-state index contributed by atoms with van der Waals surface area (Å²) in [6.45, 7) is 6.33. The lowest BCUT2D eigenvalue weighted by atomic mass is 10.1. The van der Waals surface area contributed by atoms with Gasteiger partial charge in [-0.2, -0.15) is 0 Å². The molecule has 0 saturated carbocycles. The highest BCUT2D eigenvalue weighted by Crippen LogP contribution is 2.13. The van der Waals surface area contributed by atoms with Gasteiger partial charge in [0, 0.05) is 36.6 Å². The molecular weight excluding hydrogens is 310 g/mol. The van der Waals surface area contributed by atoms with Crippen LogP contribution in [-0.2, 0) is 11.3 Å². The van der Waals surface area contributed by atoms with E-state index in [9.17, 15) is 9.59 Å². The summed E-state index contributed by atoms with van der Waals surface area (Å²) >= 11 is 1.26. The average molecular weight is 334 g/mol. The van der Waals surface area contributed by atoms with Crippen molar-refractivity contribution < 1.29 is 4.79 Å². The summed E-state index contributed by atoms with van der Waals surface area (Å²) in [6.07, 6.45) is 2.43. The SMILES string of the molecule is Cc1sc(=O)n(CCC(=O)N(C)C2CCNCC2)c1C.Cl.